The van der Waals surface area contributed by atoms with Gasteiger partial charge in [0.15, 0.2) is 0 Å². The smallest absolute Gasteiger partial charge is 0.236 e. The van der Waals surface area contributed by atoms with Gasteiger partial charge in [-0.05, 0) is 31.5 Å². The third-order valence-electron chi connectivity index (χ3n) is 4.52. The Balaban J connectivity index is 1.41. The Morgan fingerprint density at radius 1 is 1.23 bits per heavy atom. The van der Waals surface area contributed by atoms with Gasteiger partial charge in [0, 0.05) is 32.7 Å². The highest BCUT2D eigenvalue weighted by molar-refractivity contribution is 5.78. The number of likely N-dealkylation sites (tertiary alicyclic amines) is 1. The Morgan fingerprint density at radius 3 is 2.73 bits per heavy atom. The summed E-state index contributed by atoms with van der Waals surface area (Å²) in [5.74, 6) is 1.16. The van der Waals surface area contributed by atoms with Gasteiger partial charge in [0.1, 0.15) is 5.76 Å². The topological polar surface area (TPSA) is 60.2 Å². The molecule has 1 unspecified atom stereocenters. The minimum atomic E-state index is -0.272. The molecule has 2 aliphatic heterocycles. The Labute approximate surface area is 131 Å². The minimum Gasteiger partial charge on any atom is -0.468 e. The summed E-state index contributed by atoms with van der Waals surface area (Å²) in [5.41, 5.74) is 0. The number of hydrogen-bond donors (Lipinski definition) is 1. The Hall–Kier alpha value is -1.37. The van der Waals surface area contributed by atoms with Crippen LogP contribution >= 0.6 is 0 Å². The summed E-state index contributed by atoms with van der Waals surface area (Å²) in [5, 5.41) is 9.68. The number of nitrogens with zero attached hydrogens (tertiary/aromatic N) is 3. The Bertz CT molecular complexity index is 469. The first-order chi connectivity index (χ1) is 10.7. The van der Waals surface area contributed by atoms with Gasteiger partial charge in [-0.15, -0.1) is 0 Å². The lowest BCUT2D eigenvalue weighted by Crippen LogP contribution is -2.52. The first-order valence-corrected chi connectivity index (χ1v) is 8.13. The molecular formula is C16H25N3O3. The van der Waals surface area contributed by atoms with E-state index in [1.807, 2.05) is 17.0 Å². The molecule has 2 fully saturated rings. The van der Waals surface area contributed by atoms with Crippen molar-refractivity contribution < 1.29 is 14.3 Å². The molecule has 1 atom stereocenters. The quantitative estimate of drug-likeness (QED) is 0.871. The van der Waals surface area contributed by atoms with Crippen molar-refractivity contribution in [1.29, 1.82) is 0 Å². The first kappa shape index (κ1) is 15.5. The van der Waals surface area contributed by atoms with E-state index in [2.05, 4.69) is 9.80 Å². The number of rotatable bonds is 4. The van der Waals surface area contributed by atoms with Gasteiger partial charge >= 0.3 is 0 Å². The number of piperazine rings is 1. The van der Waals surface area contributed by atoms with Crippen LogP contribution in [0.2, 0.25) is 0 Å². The van der Waals surface area contributed by atoms with Crippen LogP contribution in [0.1, 0.15) is 18.6 Å². The lowest BCUT2D eigenvalue weighted by molar-refractivity contribution is -0.135. The van der Waals surface area contributed by atoms with E-state index < -0.39 is 0 Å². The number of carbonyl (C=O) groups is 1. The molecule has 1 amide bonds. The number of hydrogen-bond acceptors (Lipinski definition) is 5. The summed E-state index contributed by atoms with van der Waals surface area (Å²) in [6.07, 6.45) is 3.26. The molecule has 3 rings (SSSR count). The van der Waals surface area contributed by atoms with Crippen LogP contribution in [-0.4, -0.2) is 77.6 Å². The van der Waals surface area contributed by atoms with Crippen molar-refractivity contribution in [3.8, 4) is 0 Å². The lowest BCUT2D eigenvalue weighted by Gasteiger charge is -2.36. The normalized spacial score (nSPS) is 24.6. The second-order valence-corrected chi connectivity index (χ2v) is 6.27. The summed E-state index contributed by atoms with van der Waals surface area (Å²) in [4.78, 5) is 18.7. The van der Waals surface area contributed by atoms with Gasteiger partial charge in [-0.2, -0.15) is 0 Å². The van der Waals surface area contributed by atoms with E-state index in [4.69, 9.17) is 4.42 Å². The first-order valence-electron chi connectivity index (χ1n) is 8.13. The molecule has 0 aromatic carbocycles. The highest BCUT2D eigenvalue weighted by Gasteiger charge is 2.25. The predicted octanol–water partition coefficient (Wildman–Crippen LogP) is 0.381. The molecule has 0 radical (unpaired) electrons. The zero-order valence-electron chi connectivity index (χ0n) is 13.0. The maximum atomic E-state index is 12.4. The van der Waals surface area contributed by atoms with Gasteiger partial charge in [0.05, 0.1) is 25.5 Å². The zero-order valence-corrected chi connectivity index (χ0v) is 13.0. The van der Waals surface area contributed by atoms with Crippen molar-refractivity contribution in [2.24, 2.45) is 0 Å². The van der Waals surface area contributed by atoms with Gasteiger partial charge in [-0.3, -0.25) is 14.6 Å². The van der Waals surface area contributed by atoms with E-state index in [-0.39, 0.29) is 12.0 Å². The molecule has 1 aromatic rings. The fourth-order valence-electron chi connectivity index (χ4n) is 3.24. The summed E-state index contributed by atoms with van der Waals surface area (Å²) in [7, 11) is 0. The number of carbonyl (C=O) groups excluding carboxylic acids is 1. The molecule has 0 bridgehead atoms. The molecule has 2 saturated heterocycles. The number of amides is 1. The minimum absolute atomic E-state index is 0.187. The fraction of sp³-hybridized carbons (Fsp3) is 0.688. The van der Waals surface area contributed by atoms with Crippen LogP contribution in [-0.2, 0) is 11.3 Å². The third kappa shape index (κ3) is 4.09. The van der Waals surface area contributed by atoms with Crippen molar-refractivity contribution in [3.05, 3.63) is 24.2 Å². The Kier molecular flexibility index (Phi) is 5.12. The molecule has 1 aromatic heterocycles. The Morgan fingerprint density at radius 2 is 2.05 bits per heavy atom. The third-order valence-corrected chi connectivity index (χ3v) is 4.52. The van der Waals surface area contributed by atoms with Gasteiger partial charge < -0.3 is 14.4 Å². The van der Waals surface area contributed by atoms with Crippen molar-refractivity contribution in [2.45, 2.75) is 25.5 Å². The van der Waals surface area contributed by atoms with Crippen LogP contribution in [0.3, 0.4) is 0 Å². The maximum absolute atomic E-state index is 12.4. The van der Waals surface area contributed by atoms with Crippen LogP contribution in [0.15, 0.2) is 22.8 Å². The SMILES string of the molecule is O=C(CN1CCCC(O)C1)N1CCN(Cc2ccco2)CC1. The summed E-state index contributed by atoms with van der Waals surface area (Å²) in [6, 6.07) is 3.89. The second kappa shape index (κ2) is 7.26. The maximum Gasteiger partial charge on any atom is 0.236 e. The second-order valence-electron chi connectivity index (χ2n) is 6.27. The molecule has 6 heteroatoms. The average molecular weight is 307 g/mol. The lowest BCUT2D eigenvalue weighted by atomic mass is 10.1. The van der Waals surface area contributed by atoms with E-state index in [1.165, 1.54) is 0 Å². The molecule has 22 heavy (non-hydrogen) atoms. The average Bonchev–Trinajstić information content (AvgIpc) is 3.01. The summed E-state index contributed by atoms with van der Waals surface area (Å²) < 4.78 is 5.37. The van der Waals surface area contributed by atoms with E-state index >= 15 is 0 Å². The van der Waals surface area contributed by atoms with E-state index in [0.29, 0.717) is 13.1 Å². The van der Waals surface area contributed by atoms with E-state index in [0.717, 1.165) is 57.9 Å². The van der Waals surface area contributed by atoms with Crippen LogP contribution in [0.4, 0.5) is 0 Å². The molecular weight excluding hydrogens is 282 g/mol. The number of aliphatic hydroxyl groups excluding tert-OH is 1. The number of β-amino-alcohol motifs (C(OH)–C–C–N with tert-alkyl or cyclic N) is 1. The van der Waals surface area contributed by atoms with Crippen molar-refractivity contribution >= 4 is 5.91 Å². The standard InChI is InChI=1S/C16H25N3O3/c20-14-3-1-5-18(11-14)13-16(21)19-8-6-17(7-9-19)12-15-4-2-10-22-15/h2,4,10,14,20H,1,3,5-9,11-13H2. The molecule has 122 valence electrons. The number of aliphatic hydroxyl groups is 1. The monoisotopic (exact) mass is 307 g/mol. The summed E-state index contributed by atoms with van der Waals surface area (Å²) in [6.45, 7) is 6.12. The number of furan rings is 1. The van der Waals surface area contributed by atoms with Gasteiger partial charge in [-0.1, -0.05) is 0 Å². The van der Waals surface area contributed by atoms with Crippen molar-refractivity contribution in [2.75, 3.05) is 45.8 Å². The van der Waals surface area contributed by atoms with Gasteiger partial charge in [0.2, 0.25) is 5.91 Å². The highest BCUT2D eigenvalue weighted by atomic mass is 16.3. The fourth-order valence-corrected chi connectivity index (χ4v) is 3.24. The van der Waals surface area contributed by atoms with Crippen LogP contribution in [0, 0.1) is 0 Å². The molecule has 0 aliphatic carbocycles. The molecule has 0 spiro atoms. The highest BCUT2D eigenvalue weighted by Crippen LogP contribution is 2.12. The summed E-state index contributed by atoms with van der Waals surface area (Å²) >= 11 is 0. The molecule has 3 heterocycles. The van der Waals surface area contributed by atoms with E-state index in [9.17, 15) is 9.90 Å². The van der Waals surface area contributed by atoms with Crippen LogP contribution in [0.25, 0.3) is 0 Å². The van der Waals surface area contributed by atoms with Crippen molar-refractivity contribution in [3.63, 3.8) is 0 Å². The van der Waals surface area contributed by atoms with Crippen LogP contribution in [0.5, 0.6) is 0 Å². The number of piperidine rings is 1. The van der Waals surface area contributed by atoms with Crippen molar-refractivity contribution in [1.82, 2.24) is 14.7 Å². The predicted molar refractivity (Wildman–Crippen MR) is 82.2 cm³/mol. The van der Waals surface area contributed by atoms with Gasteiger partial charge in [-0.25, -0.2) is 0 Å². The van der Waals surface area contributed by atoms with E-state index in [1.54, 1.807) is 6.26 Å². The van der Waals surface area contributed by atoms with Gasteiger partial charge in [0.25, 0.3) is 0 Å². The molecule has 0 saturated carbocycles. The molecule has 1 N–H and O–H groups in total. The molecule has 2 aliphatic rings. The zero-order chi connectivity index (χ0) is 15.4. The van der Waals surface area contributed by atoms with Crippen LogP contribution < -0.4 is 0 Å². The molecule has 6 nitrogen and oxygen atoms in total. The largest absolute Gasteiger partial charge is 0.468 e.